The van der Waals surface area contributed by atoms with Gasteiger partial charge in [0.05, 0.1) is 13.2 Å². The fourth-order valence-corrected chi connectivity index (χ4v) is 2.76. The van der Waals surface area contributed by atoms with Crippen LogP contribution in [0.25, 0.3) is 0 Å². The van der Waals surface area contributed by atoms with Gasteiger partial charge in [-0.1, -0.05) is 0 Å². The van der Waals surface area contributed by atoms with Crippen LogP contribution in [0.3, 0.4) is 0 Å². The van der Waals surface area contributed by atoms with E-state index < -0.39 is 6.04 Å². The lowest BCUT2D eigenvalue weighted by molar-refractivity contribution is -0.134. The van der Waals surface area contributed by atoms with Crippen LogP contribution in [0.5, 0.6) is 0 Å². The van der Waals surface area contributed by atoms with Crippen LogP contribution in [-0.4, -0.2) is 74.1 Å². The van der Waals surface area contributed by atoms with Crippen molar-refractivity contribution in [3.8, 4) is 0 Å². The number of carbonyl (C=O) groups excluding carboxylic acids is 2. The van der Waals surface area contributed by atoms with Crippen molar-refractivity contribution in [2.45, 2.75) is 38.3 Å². The van der Waals surface area contributed by atoms with Crippen LogP contribution in [0.2, 0.25) is 0 Å². The third-order valence-corrected chi connectivity index (χ3v) is 4.12. The minimum absolute atomic E-state index is 0.0662. The van der Waals surface area contributed by atoms with Gasteiger partial charge < -0.3 is 15.0 Å². The zero-order valence-electron chi connectivity index (χ0n) is 13.3. The highest BCUT2D eigenvalue weighted by Gasteiger charge is 2.33. The molecule has 1 aliphatic carbocycles. The summed E-state index contributed by atoms with van der Waals surface area (Å²) < 4.78 is 5.41. The van der Waals surface area contributed by atoms with Gasteiger partial charge in [-0.25, -0.2) is 0 Å². The van der Waals surface area contributed by atoms with E-state index in [1.165, 1.54) is 17.7 Å². The molecule has 2 fully saturated rings. The second kappa shape index (κ2) is 7.22. The summed E-state index contributed by atoms with van der Waals surface area (Å²) in [5, 5.41) is 2.80. The standard InChI is InChI=1S/C15H27N3O3/c1-11(15(20)17(2)3)16-14(19)9-18(13-4-5-13)8-12-6-7-21-10-12/h11-13H,4-10H2,1-3H3,(H,16,19). The third kappa shape index (κ3) is 4.97. The van der Waals surface area contributed by atoms with Crippen molar-refractivity contribution >= 4 is 11.8 Å². The second-order valence-electron chi connectivity index (χ2n) is 6.41. The van der Waals surface area contributed by atoms with Crippen molar-refractivity contribution < 1.29 is 14.3 Å². The molecule has 0 radical (unpaired) electrons. The molecule has 120 valence electrons. The maximum absolute atomic E-state index is 12.1. The maximum Gasteiger partial charge on any atom is 0.244 e. The van der Waals surface area contributed by atoms with Crippen molar-refractivity contribution in [1.82, 2.24) is 15.1 Å². The van der Waals surface area contributed by atoms with Crippen LogP contribution >= 0.6 is 0 Å². The van der Waals surface area contributed by atoms with Gasteiger partial charge in [-0.15, -0.1) is 0 Å². The maximum atomic E-state index is 12.1. The SMILES string of the molecule is CC(NC(=O)CN(CC1CCOC1)C1CC1)C(=O)N(C)C. The van der Waals surface area contributed by atoms with E-state index in [9.17, 15) is 9.59 Å². The molecule has 0 spiro atoms. The first kappa shape index (κ1) is 16.2. The fourth-order valence-electron chi connectivity index (χ4n) is 2.76. The lowest BCUT2D eigenvalue weighted by atomic mass is 10.1. The van der Waals surface area contributed by atoms with Gasteiger partial charge in [0.2, 0.25) is 11.8 Å². The van der Waals surface area contributed by atoms with E-state index in [2.05, 4.69) is 10.2 Å². The molecule has 1 aliphatic heterocycles. The Hall–Kier alpha value is -1.14. The van der Waals surface area contributed by atoms with Gasteiger partial charge in [-0.3, -0.25) is 14.5 Å². The van der Waals surface area contributed by atoms with Crippen molar-refractivity contribution in [1.29, 1.82) is 0 Å². The highest BCUT2D eigenvalue weighted by molar-refractivity contribution is 5.87. The molecule has 0 aromatic carbocycles. The van der Waals surface area contributed by atoms with Crippen molar-refractivity contribution in [3.63, 3.8) is 0 Å². The Morgan fingerprint density at radius 3 is 2.52 bits per heavy atom. The zero-order chi connectivity index (χ0) is 15.4. The Kier molecular flexibility index (Phi) is 5.58. The number of rotatable bonds is 7. The molecule has 2 amide bonds. The molecule has 6 nitrogen and oxygen atoms in total. The Bertz CT molecular complexity index is 376. The number of carbonyl (C=O) groups is 2. The molecule has 1 saturated carbocycles. The molecule has 0 aromatic rings. The molecule has 2 atom stereocenters. The third-order valence-electron chi connectivity index (χ3n) is 4.12. The van der Waals surface area contributed by atoms with Gasteiger partial charge in [0.25, 0.3) is 0 Å². The van der Waals surface area contributed by atoms with Gasteiger partial charge in [0.1, 0.15) is 6.04 Å². The monoisotopic (exact) mass is 297 g/mol. The van der Waals surface area contributed by atoms with E-state index >= 15 is 0 Å². The molecule has 1 saturated heterocycles. The minimum Gasteiger partial charge on any atom is -0.381 e. The van der Waals surface area contributed by atoms with E-state index in [-0.39, 0.29) is 11.8 Å². The summed E-state index contributed by atoms with van der Waals surface area (Å²) in [5.41, 5.74) is 0. The van der Waals surface area contributed by atoms with Gasteiger partial charge in [0, 0.05) is 33.3 Å². The Morgan fingerprint density at radius 2 is 2.00 bits per heavy atom. The van der Waals surface area contributed by atoms with Crippen molar-refractivity contribution in [3.05, 3.63) is 0 Å². The van der Waals surface area contributed by atoms with Crippen LogP contribution in [0, 0.1) is 5.92 Å². The lowest BCUT2D eigenvalue weighted by Crippen LogP contribution is -2.48. The predicted octanol–water partition coefficient (Wildman–Crippen LogP) is 0.0802. The predicted molar refractivity (Wildman–Crippen MR) is 79.8 cm³/mol. The number of ether oxygens (including phenoxy) is 1. The topological polar surface area (TPSA) is 61.9 Å². The number of nitrogens with one attached hydrogen (secondary N) is 1. The van der Waals surface area contributed by atoms with Gasteiger partial charge in [0.15, 0.2) is 0 Å². The zero-order valence-corrected chi connectivity index (χ0v) is 13.3. The summed E-state index contributed by atoms with van der Waals surface area (Å²) in [6.45, 7) is 4.68. The van der Waals surface area contributed by atoms with Crippen LogP contribution in [0.1, 0.15) is 26.2 Å². The first-order chi connectivity index (χ1) is 9.97. The van der Waals surface area contributed by atoms with Crippen molar-refractivity contribution in [2.24, 2.45) is 5.92 Å². The summed E-state index contributed by atoms with van der Waals surface area (Å²) in [6.07, 6.45) is 3.43. The van der Waals surface area contributed by atoms with Gasteiger partial charge in [-0.2, -0.15) is 0 Å². The normalized spacial score (nSPS) is 23.1. The Morgan fingerprint density at radius 1 is 1.29 bits per heavy atom. The molecule has 2 rings (SSSR count). The van der Waals surface area contributed by atoms with Crippen LogP contribution in [0.15, 0.2) is 0 Å². The largest absolute Gasteiger partial charge is 0.381 e. The van der Waals surface area contributed by atoms with E-state index in [4.69, 9.17) is 4.74 Å². The van der Waals surface area contributed by atoms with Crippen LogP contribution in [-0.2, 0) is 14.3 Å². The van der Waals surface area contributed by atoms with Crippen LogP contribution in [0.4, 0.5) is 0 Å². The lowest BCUT2D eigenvalue weighted by Gasteiger charge is -2.25. The number of hydrogen-bond donors (Lipinski definition) is 1. The highest BCUT2D eigenvalue weighted by Crippen LogP contribution is 2.28. The van der Waals surface area contributed by atoms with E-state index in [1.54, 1.807) is 21.0 Å². The number of hydrogen-bond acceptors (Lipinski definition) is 4. The van der Waals surface area contributed by atoms with Gasteiger partial charge in [-0.05, 0) is 32.1 Å². The molecule has 6 heteroatoms. The first-order valence-electron chi connectivity index (χ1n) is 7.79. The molecule has 2 unspecified atom stereocenters. The van der Waals surface area contributed by atoms with E-state index in [0.717, 1.165) is 26.2 Å². The Labute approximate surface area is 126 Å². The number of nitrogens with zero attached hydrogens (tertiary/aromatic N) is 2. The Balaban J connectivity index is 1.79. The first-order valence-corrected chi connectivity index (χ1v) is 7.79. The quantitative estimate of drug-likeness (QED) is 0.723. The molecule has 21 heavy (non-hydrogen) atoms. The number of likely N-dealkylation sites (N-methyl/N-ethyl adjacent to an activating group) is 1. The summed E-state index contributed by atoms with van der Waals surface area (Å²) >= 11 is 0. The average Bonchev–Trinajstić information content (AvgIpc) is 3.15. The molecular weight excluding hydrogens is 270 g/mol. The summed E-state index contributed by atoms with van der Waals surface area (Å²) in [4.78, 5) is 27.7. The molecule has 2 aliphatic rings. The van der Waals surface area contributed by atoms with Crippen LogP contribution < -0.4 is 5.32 Å². The molecule has 1 N–H and O–H groups in total. The highest BCUT2D eigenvalue weighted by atomic mass is 16.5. The van der Waals surface area contributed by atoms with Gasteiger partial charge >= 0.3 is 0 Å². The smallest absolute Gasteiger partial charge is 0.244 e. The summed E-state index contributed by atoms with van der Waals surface area (Å²) in [6, 6.07) is 0.0690. The van der Waals surface area contributed by atoms with E-state index in [1.807, 2.05) is 0 Å². The minimum atomic E-state index is -0.469. The summed E-state index contributed by atoms with van der Waals surface area (Å²) in [5.74, 6) is 0.397. The fraction of sp³-hybridized carbons (Fsp3) is 0.867. The molecular formula is C15H27N3O3. The molecule has 0 bridgehead atoms. The molecule has 0 aromatic heterocycles. The molecule has 1 heterocycles. The van der Waals surface area contributed by atoms with E-state index in [0.29, 0.717) is 18.5 Å². The second-order valence-corrected chi connectivity index (χ2v) is 6.41. The average molecular weight is 297 g/mol. The van der Waals surface area contributed by atoms with Crippen molar-refractivity contribution in [2.75, 3.05) is 40.4 Å². The number of amides is 2. The summed E-state index contributed by atoms with van der Waals surface area (Å²) in [7, 11) is 3.39.